The van der Waals surface area contributed by atoms with Crippen LogP contribution in [0.15, 0.2) is 18.9 Å². The minimum absolute atomic E-state index is 0.814. The van der Waals surface area contributed by atoms with Gasteiger partial charge in [-0.2, -0.15) is 0 Å². The lowest BCUT2D eigenvalue weighted by atomic mass is 10.7. The number of rotatable bonds is 1. The van der Waals surface area contributed by atoms with Crippen LogP contribution in [0, 0.1) is 0 Å². The fourth-order valence-electron chi connectivity index (χ4n) is 1.07. The second kappa shape index (κ2) is 2.44. The van der Waals surface area contributed by atoms with Gasteiger partial charge in [-0.3, -0.25) is 4.40 Å². The Morgan fingerprint density at radius 1 is 1.33 bits per heavy atom. The summed E-state index contributed by atoms with van der Waals surface area (Å²) in [5.74, 6) is 0.831. The summed E-state index contributed by atoms with van der Waals surface area (Å²) in [5, 5.41) is 0. The second-order valence-electron chi connectivity index (χ2n) is 2.69. The molecule has 0 aliphatic rings. The van der Waals surface area contributed by atoms with Crippen LogP contribution in [0.1, 0.15) is 0 Å². The van der Waals surface area contributed by atoms with Crippen LogP contribution < -0.4 is 4.90 Å². The fourth-order valence-corrected chi connectivity index (χ4v) is 1.07. The summed E-state index contributed by atoms with van der Waals surface area (Å²) in [6.45, 7) is 0. The molecule has 0 atom stereocenters. The molecule has 5 nitrogen and oxygen atoms in total. The zero-order valence-electron chi connectivity index (χ0n) is 6.97. The van der Waals surface area contributed by atoms with E-state index in [-0.39, 0.29) is 0 Å². The quantitative estimate of drug-likeness (QED) is 0.602. The third-order valence-corrected chi connectivity index (χ3v) is 1.60. The average molecular weight is 163 g/mol. The summed E-state index contributed by atoms with van der Waals surface area (Å²) in [6, 6.07) is 0. The van der Waals surface area contributed by atoms with Crippen molar-refractivity contribution in [3.8, 4) is 0 Å². The number of anilines is 1. The van der Waals surface area contributed by atoms with Crippen molar-refractivity contribution in [3.05, 3.63) is 18.9 Å². The van der Waals surface area contributed by atoms with Gasteiger partial charge < -0.3 is 4.90 Å². The van der Waals surface area contributed by atoms with Gasteiger partial charge in [0.05, 0.1) is 6.20 Å². The van der Waals surface area contributed by atoms with E-state index in [1.54, 1.807) is 12.5 Å². The van der Waals surface area contributed by atoms with Gasteiger partial charge >= 0.3 is 0 Å². The standard InChI is InChI=1S/C7H9N5/c1-11(2)7-10-4-9-6-3-8-5-12(6)7/h3-5H,1-2H3. The molecule has 0 aromatic carbocycles. The monoisotopic (exact) mass is 163 g/mol. The van der Waals surface area contributed by atoms with Gasteiger partial charge in [-0.15, -0.1) is 0 Å². The van der Waals surface area contributed by atoms with E-state index in [0.29, 0.717) is 0 Å². The van der Waals surface area contributed by atoms with Gasteiger partial charge in [-0.25, -0.2) is 15.0 Å². The first-order valence-corrected chi connectivity index (χ1v) is 3.59. The number of nitrogens with zero attached hydrogens (tertiary/aromatic N) is 5. The Balaban J connectivity index is 2.73. The van der Waals surface area contributed by atoms with Crippen molar-refractivity contribution in [2.45, 2.75) is 0 Å². The van der Waals surface area contributed by atoms with Gasteiger partial charge in [0.25, 0.3) is 0 Å². The molecule has 2 aromatic rings. The predicted octanol–water partition coefficient (Wildman–Crippen LogP) is 0.190. The van der Waals surface area contributed by atoms with Gasteiger partial charge in [0.1, 0.15) is 12.7 Å². The largest absolute Gasteiger partial charge is 0.348 e. The maximum atomic E-state index is 4.12. The lowest BCUT2D eigenvalue weighted by molar-refractivity contribution is 0.929. The van der Waals surface area contributed by atoms with Crippen molar-refractivity contribution in [2.75, 3.05) is 19.0 Å². The molecule has 2 rings (SSSR count). The van der Waals surface area contributed by atoms with Crippen molar-refractivity contribution in [1.82, 2.24) is 19.4 Å². The summed E-state index contributed by atoms with van der Waals surface area (Å²) >= 11 is 0. The Kier molecular flexibility index (Phi) is 1.43. The van der Waals surface area contributed by atoms with Gasteiger partial charge in [0.2, 0.25) is 5.95 Å². The first kappa shape index (κ1) is 7.02. The number of hydrogen-bond acceptors (Lipinski definition) is 4. The van der Waals surface area contributed by atoms with E-state index in [1.165, 1.54) is 6.33 Å². The van der Waals surface area contributed by atoms with Gasteiger partial charge in [0.15, 0.2) is 5.65 Å². The van der Waals surface area contributed by atoms with Crippen molar-refractivity contribution in [1.29, 1.82) is 0 Å². The van der Waals surface area contributed by atoms with E-state index < -0.39 is 0 Å². The van der Waals surface area contributed by atoms with Crippen molar-refractivity contribution >= 4 is 11.6 Å². The Hall–Kier alpha value is -1.65. The molecule has 0 fully saturated rings. The van der Waals surface area contributed by atoms with E-state index in [9.17, 15) is 0 Å². The highest BCUT2D eigenvalue weighted by molar-refractivity contribution is 5.42. The highest BCUT2D eigenvalue weighted by Gasteiger charge is 2.02. The Bertz CT molecular complexity index is 391. The molecule has 0 bridgehead atoms. The third kappa shape index (κ3) is 0.903. The molecule has 2 aromatic heterocycles. The van der Waals surface area contributed by atoms with Crippen LogP contribution in [-0.4, -0.2) is 33.4 Å². The van der Waals surface area contributed by atoms with E-state index in [4.69, 9.17) is 0 Å². The molecule has 0 aliphatic carbocycles. The van der Waals surface area contributed by atoms with Gasteiger partial charge in [-0.1, -0.05) is 0 Å². The molecule has 62 valence electrons. The molecule has 2 heterocycles. The van der Waals surface area contributed by atoms with Crippen LogP contribution >= 0.6 is 0 Å². The molecule has 0 radical (unpaired) electrons. The zero-order valence-corrected chi connectivity index (χ0v) is 6.97. The normalized spacial score (nSPS) is 10.5. The molecule has 0 aliphatic heterocycles. The van der Waals surface area contributed by atoms with E-state index in [2.05, 4.69) is 15.0 Å². The zero-order chi connectivity index (χ0) is 8.55. The first-order chi connectivity index (χ1) is 5.79. The van der Waals surface area contributed by atoms with Gasteiger partial charge in [0, 0.05) is 14.1 Å². The molecular weight excluding hydrogens is 154 g/mol. The maximum absolute atomic E-state index is 4.12. The number of hydrogen-bond donors (Lipinski definition) is 0. The minimum Gasteiger partial charge on any atom is -0.348 e. The molecule has 0 saturated carbocycles. The Morgan fingerprint density at radius 2 is 2.17 bits per heavy atom. The van der Waals surface area contributed by atoms with Crippen LogP contribution in [0.5, 0.6) is 0 Å². The smallest absolute Gasteiger partial charge is 0.213 e. The summed E-state index contributed by atoms with van der Waals surface area (Å²) < 4.78 is 1.83. The SMILES string of the molecule is CN(C)c1ncnc2cncn12. The molecule has 0 saturated heterocycles. The highest BCUT2D eigenvalue weighted by Crippen LogP contribution is 2.07. The highest BCUT2D eigenvalue weighted by atomic mass is 15.3. The molecule has 0 spiro atoms. The number of aromatic nitrogens is 4. The Labute approximate surface area is 69.7 Å². The van der Waals surface area contributed by atoms with Crippen LogP contribution in [0.2, 0.25) is 0 Å². The van der Waals surface area contributed by atoms with E-state index >= 15 is 0 Å². The lowest BCUT2D eigenvalue weighted by Gasteiger charge is -2.11. The summed E-state index contributed by atoms with van der Waals surface area (Å²) in [4.78, 5) is 14.1. The maximum Gasteiger partial charge on any atom is 0.213 e. The van der Waals surface area contributed by atoms with Crippen molar-refractivity contribution in [2.24, 2.45) is 0 Å². The van der Waals surface area contributed by atoms with Crippen molar-refractivity contribution in [3.63, 3.8) is 0 Å². The Morgan fingerprint density at radius 3 is 2.92 bits per heavy atom. The number of imidazole rings is 1. The van der Waals surface area contributed by atoms with Crippen molar-refractivity contribution < 1.29 is 0 Å². The van der Waals surface area contributed by atoms with E-state index in [1.807, 2.05) is 23.4 Å². The molecule has 0 unspecified atom stereocenters. The first-order valence-electron chi connectivity index (χ1n) is 3.59. The topological polar surface area (TPSA) is 46.3 Å². The summed E-state index contributed by atoms with van der Waals surface area (Å²) in [7, 11) is 3.86. The molecule has 0 amide bonds. The molecule has 0 N–H and O–H groups in total. The third-order valence-electron chi connectivity index (χ3n) is 1.60. The summed E-state index contributed by atoms with van der Waals surface area (Å²) in [5.41, 5.74) is 0.814. The van der Waals surface area contributed by atoms with Crippen LogP contribution in [0.25, 0.3) is 5.65 Å². The van der Waals surface area contributed by atoms with Crippen LogP contribution in [-0.2, 0) is 0 Å². The van der Waals surface area contributed by atoms with Crippen LogP contribution in [0.3, 0.4) is 0 Å². The molecular formula is C7H9N5. The number of fused-ring (bicyclic) bond motifs is 1. The van der Waals surface area contributed by atoms with E-state index in [0.717, 1.165) is 11.6 Å². The van der Waals surface area contributed by atoms with Crippen LogP contribution in [0.4, 0.5) is 5.95 Å². The molecule has 5 heteroatoms. The van der Waals surface area contributed by atoms with Gasteiger partial charge in [-0.05, 0) is 0 Å². The minimum atomic E-state index is 0.814. The lowest BCUT2D eigenvalue weighted by Crippen LogP contribution is -2.14. The average Bonchev–Trinajstić information content (AvgIpc) is 2.49. The molecule has 12 heavy (non-hydrogen) atoms. The predicted molar refractivity (Wildman–Crippen MR) is 45.1 cm³/mol. The summed E-state index contributed by atoms with van der Waals surface area (Å²) in [6.07, 6.45) is 4.94. The fraction of sp³-hybridized carbons (Fsp3) is 0.286. The second-order valence-corrected chi connectivity index (χ2v) is 2.69.